The van der Waals surface area contributed by atoms with Crippen LogP contribution in [0.25, 0.3) is 6.08 Å². The van der Waals surface area contributed by atoms with Crippen molar-refractivity contribution < 1.29 is 19.1 Å². The Morgan fingerprint density at radius 1 is 1.12 bits per heavy atom. The van der Waals surface area contributed by atoms with Gasteiger partial charge in [0.25, 0.3) is 11.1 Å². The van der Waals surface area contributed by atoms with Crippen LogP contribution < -0.4 is 10.5 Å². The molecule has 0 atom stereocenters. The number of nitrogens with zero attached hydrogens (tertiary/aromatic N) is 1. The molecule has 0 spiro atoms. The second-order valence-electron chi connectivity index (χ2n) is 5.59. The zero-order chi connectivity index (χ0) is 18.7. The van der Waals surface area contributed by atoms with Crippen LogP contribution >= 0.6 is 11.8 Å². The minimum Gasteiger partial charge on any atom is -0.497 e. The number of carbonyl (C=O) groups excluding carboxylic acids is 3. The van der Waals surface area contributed by atoms with Crippen LogP contribution in [-0.2, 0) is 4.79 Å². The van der Waals surface area contributed by atoms with Gasteiger partial charge in [-0.25, -0.2) is 0 Å². The summed E-state index contributed by atoms with van der Waals surface area (Å²) in [7, 11) is 1.57. The van der Waals surface area contributed by atoms with Crippen molar-refractivity contribution in [2.75, 3.05) is 19.4 Å². The maximum absolute atomic E-state index is 12.5. The van der Waals surface area contributed by atoms with Crippen LogP contribution in [0.1, 0.15) is 15.9 Å². The maximum atomic E-state index is 12.5. The van der Waals surface area contributed by atoms with Gasteiger partial charge in [0.15, 0.2) is 5.78 Å². The van der Waals surface area contributed by atoms with Crippen LogP contribution in [-0.4, -0.2) is 35.5 Å². The van der Waals surface area contributed by atoms with Gasteiger partial charge in [-0.3, -0.25) is 19.3 Å². The number of Topliss-reactive ketones (excluding diaryl/α,β-unsaturated/α-hetero) is 1. The summed E-state index contributed by atoms with van der Waals surface area (Å²) >= 11 is 0.821. The summed E-state index contributed by atoms with van der Waals surface area (Å²) in [6.45, 7) is -0.297. The monoisotopic (exact) mass is 368 g/mol. The molecule has 1 aliphatic heterocycles. The lowest BCUT2D eigenvalue weighted by Crippen LogP contribution is -2.33. The molecule has 26 heavy (non-hydrogen) atoms. The van der Waals surface area contributed by atoms with E-state index >= 15 is 0 Å². The summed E-state index contributed by atoms with van der Waals surface area (Å²) in [5.41, 5.74) is 7.30. The van der Waals surface area contributed by atoms with E-state index in [4.69, 9.17) is 10.5 Å². The molecule has 2 N–H and O–H groups in total. The Labute approximate surface area is 154 Å². The Balaban J connectivity index is 1.74. The maximum Gasteiger partial charge on any atom is 0.293 e. The van der Waals surface area contributed by atoms with E-state index in [2.05, 4.69) is 0 Å². The van der Waals surface area contributed by atoms with Crippen molar-refractivity contribution in [1.29, 1.82) is 0 Å². The molecule has 0 radical (unpaired) electrons. The van der Waals surface area contributed by atoms with Crippen molar-refractivity contribution in [2.24, 2.45) is 0 Å². The second kappa shape index (κ2) is 7.45. The zero-order valence-electron chi connectivity index (χ0n) is 14.0. The summed E-state index contributed by atoms with van der Waals surface area (Å²) in [5.74, 6) is -0.0954. The standard InChI is InChI=1S/C19H16N2O4S/c1-25-15-8-2-12(3-9-15)10-17-18(23)21(19(24)26-17)11-16(22)13-4-6-14(20)7-5-13/h2-10H,11,20H2,1H3/b17-10-. The van der Waals surface area contributed by atoms with Crippen molar-refractivity contribution in [3.8, 4) is 5.75 Å². The summed E-state index contributed by atoms with van der Waals surface area (Å²) in [6.07, 6.45) is 1.62. The van der Waals surface area contributed by atoms with Gasteiger partial charge in [0, 0.05) is 11.3 Å². The Kier molecular flexibility index (Phi) is 5.09. The lowest BCUT2D eigenvalue weighted by Gasteiger charge is -2.11. The van der Waals surface area contributed by atoms with Gasteiger partial charge in [0.05, 0.1) is 18.6 Å². The summed E-state index contributed by atoms with van der Waals surface area (Å²) in [5, 5.41) is -0.460. The number of nitrogens with two attached hydrogens (primary N) is 1. The van der Waals surface area contributed by atoms with Crippen LogP contribution in [0.2, 0.25) is 0 Å². The van der Waals surface area contributed by atoms with E-state index in [9.17, 15) is 14.4 Å². The predicted octanol–water partition coefficient (Wildman–Crippen LogP) is 3.20. The molecular weight excluding hydrogens is 352 g/mol. The van der Waals surface area contributed by atoms with Crippen LogP contribution in [0.4, 0.5) is 10.5 Å². The van der Waals surface area contributed by atoms with E-state index in [0.717, 1.165) is 22.2 Å². The van der Waals surface area contributed by atoms with Gasteiger partial charge in [0.2, 0.25) is 0 Å². The first-order valence-electron chi connectivity index (χ1n) is 7.76. The van der Waals surface area contributed by atoms with Crippen LogP contribution in [0.15, 0.2) is 53.4 Å². The lowest BCUT2D eigenvalue weighted by atomic mass is 10.1. The molecule has 0 aliphatic carbocycles. The number of rotatable bonds is 5. The first-order chi connectivity index (χ1) is 12.5. The number of hydrogen-bond acceptors (Lipinski definition) is 6. The van der Waals surface area contributed by atoms with Crippen molar-refractivity contribution in [2.45, 2.75) is 0 Å². The minimum absolute atomic E-state index is 0.283. The number of imide groups is 1. The number of ether oxygens (including phenoxy) is 1. The topological polar surface area (TPSA) is 89.7 Å². The number of thioether (sulfide) groups is 1. The predicted molar refractivity (Wildman–Crippen MR) is 101 cm³/mol. The van der Waals surface area contributed by atoms with E-state index in [1.165, 1.54) is 0 Å². The molecule has 0 aromatic heterocycles. The third-order valence-electron chi connectivity index (χ3n) is 3.82. The lowest BCUT2D eigenvalue weighted by molar-refractivity contribution is -0.122. The van der Waals surface area contributed by atoms with Gasteiger partial charge >= 0.3 is 0 Å². The highest BCUT2D eigenvalue weighted by atomic mass is 32.2. The normalized spacial score (nSPS) is 15.6. The number of methoxy groups -OCH3 is 1. The molecule has 0 unspecified atom stereocenters. The smallest absolute Gasteiger partial charge is 0.293 e. The first kappa shape index (κ1) is 17.8. The molecule has 7 heteroatoms. The highest BCUT2D eigenvalue weighted by molar-refractivity contribution is 8.18. The summed E-state index contributed by atoms with van der Waals surface area (Å²) < 4.78 is 5.09. The third-order valence-corrected chi connectivity index (χ3v) is 4.73. The molecular formula is C19H16N2O4S. The number of nitrogen functional groups attached to an aromatic ring is 1. The molecule has 1 fully saturated rings. The Bertz CT molecular complexity index is 889. The summed E-state index contributed by atoms with van der Waals surface area (Å²) in [6, 6.07) is 13.4. The molecule has 1 heterocycles. The molecule has 1 saturated heterocycles. The van der Waals surface area contributed by atoms with Crippen LogP contribution in [0, 0.1) is 0 Å². The molecule has 2 amide bonds. The average Bonchev–Trinajstić information content (AvgIpc) is 2.90. The molecule has 2 aromatic rings. The number of benzene rings is 2. The number of amides is 2. The molecule has 0 saturated carbocycles. The van der Waals surface area contributed by atoms with E-state index in [1.807, 2.05) is 0 Å². The molecule has 2 aromatic carbocycles. The Hall–Kier alpha value is -3.06. The van der Waals surface area contributed by atoms with E-state index in [0.29, 0.717) is 17.0 Å². The first-order valence-corrected chi connectivity index (χ1v) is 8.58. The van der Waals surface area contributed by atoms with Gasteiger partial charge in [-0.1, -0.05) is 12.1 Å². The van der Waals surface area contributed by atoms with Crippen molar-refractivity contribution in [3.05, 3.63) is 64.6 Å². The fourth-order valence-electron chi connectivity index (χ4n) is 2.39. The number of anilines is 1. The quantitative estimate of drug-likeness (QED) is 0.495. The van der Waals surface area contributed by atoms with E-state index in [1.54, 1.807) is 61.7 Å². The highest BCUT2D eigenvalue weighted by Crippen LogP contribution is 2.32. The van der Waals surface area contributed by atoms with Gasteiger partial charge in [0.1, 0.15) is 5.75 Å². The van der Waals surface area contributed by atoms with Gasteiger partial charge in [-0.15, -0.1) is 0 Å². The number of carbonyl (C=O) groups is 3. The SMILES string of the molecule is COc1ccc(/C=C2\SC(=O)N(CC(=O)c3ccc(N)cc3)C2=O)cc1. The Morgan fingerprint density at radius 3 is 2.38 bits per heavy atom. The van der Waals surface area contributed by atoms with Gasteiger partial charge < -0.3 is 10.5 Å². The van der Waals surface area contributed by atoms with E-state index in [-0.39, 0.29) is 17.2 Å². The zero-order valence-corrected chi connectivity index (χ0v) is 14.8. The van der Waals surface area contributed by atoms with Gasteiger partial charge in [-0.05, 0) is 59.8 Å². The highest BCUT2D eigenvalue weighted by Gasteiger charge is 2.36. The van der Waals surface area contributed by atoms with Crippen molar-refractivity contribution >= 4 is 40.5 Å². The largest absolute Gasteiger partial charge is 0.497 e. The Morgan fingerprint density at radius 2 is 1.77 bits per heavy atom. The average molecular weight is 368 g/mol. The van der Waals surface area contributed by atoms with Crippen molar-refractivity contribution in [1.82, 2.24) is 4.90 Å². The molecule has 0 bridgehead atoms. The fourth-order valence-corrected chi connectivity index (χ4v) is 3.23. The fraction of sp³-hybridized carbons (Fsp3) is 0.105. The van der Waals surface area contributed by atoms with Crippen LogP contribution in [0.5, 0.6) is 5.75 Å². The minimum atomic E-state index is -0.473. The van der Waals surface area contributed by atoms with Crippen LogP contribution in [0.3, 0.4) is 0 Å². The number of ketones is 1. The second-order valence-corrected chi connectivity index (χ2v) is 6.58. The molecule has 1 aliphatic rings. The molecule has 6 nitrogen and oxygen atoms in total. The number of hydrogen-bond donors (Lipinski definition) is 1. The summed E-state index contributed by atoms with van der Waals surface area (Å²) in [4.78, 5) is 38.2. The van der Waals surface area contributed by atoms with E-state index < -0.39 is 11.1 Å². The third kappa shape index (κ3) is 3.78. The molecule has 132 valence electrons. The van der Waals surface area contributed by atoms with Gasteiger partial charge in [-0.2, -0.15) is 0 Å². The molecule has 3 rings (SSSR count). The van der Waals surface area contributed by atoms with Crippen molar-refractivity contribution in [3.63, 3.8) is 0 Å².